The molecule has 2 aromatic carbocycles. The number of hydrogen-bond acceptors (Lipinski definition) is 4. The van der Waals surface area contributed by atoms with Gasteiger partial charge in [0, 0.05) is 13.0 Å². The summed E-state index contributed by atoms with van der Waals surface area (Å²) in [5.74, 6) is -0.437. The number of aryl methyl sites for hydroxylation is 1. The first kappa shape index (κ1) is 18.4. The van der Waals surface area contributed by atoms with Crippen LogP contribution in [0, 0.1) is 5.82 Å². The number of nitrogens with zero attached hydrogens (tertiary/aromatic N) is 3. The fraction of sp³-hybridized carbons (Fsp3) is 0.250. The molecule has 0 saturated carbocycles. The molecule has 1 aromatic heterocycles. The lowest BCUT2D eigenvalue weighted by molar-refractivity contribution is -0.125. The summed E-state index contributed by atoms with van der Waals surface area (Å²) in [6, 6.07) is 12.1. The van der Waals surface area contributed by atoms with Crippen LogP contribution in [0.25, 0.3) is 11.0 Å². The summed E-state index contributed by atoms with van der Waals surface area (Å²) < 4.78 is 16.1. The lowest BCUT2D eigenvalue weighted by atomic mass is 10.0. The average molecular weight is 401 g/mol. The highest BCUT2D eigenvalue weighted by molar-refractivity contribution is 6.34. The van der Waals surface area contributed by atoms with Gasteiger partial charge in [0.2, 0.25) is 12.1 Å². The van der Waals surface area contributed by atoms with E-state index in [1.807, 2.05) is 28.8 Å². The number of anilines is 1. The number of nitrogens with one attached hydrogen (secondary N) is 1. The van der Waals surface area contributed by atoms with Crippen molar-refractivity contribution in [3.63, 3.8) is 0 Å². The predicted octanol–water partition coefficient (Wildman–Crippen LogP) is 4.37. The van der Waals surface area contributed by atoms with Gasteiger partial charge in [-0.05, 0) is 30.7 Å². The second-order valence-electron chi connectivity index (χ2n) is 6.50. The number of carbonyl (C=O) groups is 1. The minimum Gasteiger partial charge on any atom is -0.382 e. The second kappa shape index (κ2) is 7.59. The minimum atomic E-state index is -0.874. The van der Waals surface area contributed by atoms with Crippen LogP contribution in [0.2, 0.25) is 5.02 Å². The molecule has 6 nitrogen and oxygen atoms in total. The molecule has 1 aliphatic rings. The van der Waals surface area contributed by atoms with Gasteiger partial charge in [0.05, 0.1) is 27.3 Å². The molecular weight excluding hydrogens is 383 g/mol. The lowest BCUT2D eigenvalue weighted by Crippen LogP contribution is -2.29. The zero-order valence-corrected chi connectivity index (χ0v) is 15.9. The zero-order valence-electron chi connectivity index (χ0n) is 15.2. The van der Waals surface area contributed by atoms with Gasteiger partial charge in [0.1, 0.15) is 5.82 Å². The molecule has 2 heterocycles. The fourth-order valence-corrected chi connectivity index (χ4v) is 3.52. The minimum absolute atomic E-state index is 0.125. The third-order valence-corrected chi connectivity index (χ3v) is 4.86. The molecule has 1 unspecified atom stereocenters. The van der Waals surface area contributed by atoms with Gasteiger partial charge in [-0.2, -0.15) is 0 Å². The molecule has 4 rings (SSSR count). The van der Waals surface area contributed by atoms with Crippen LogP contribution in [0.5, 0.6) is 0 Å². The van der Waals surface area contributed by atoms with E-state index >= 15 is 0 Å². The second-order valence-corrected chi connectivity index (χ2v) is 6.91. The van der Waals surface area contributed by atoms with Crippen LogP contribution in [0.1, 0.15) is 25.3 Å². The van der Waals surface area contributed by atoms with Crippen LogP contribution in [-0.4, -0.2) is 27.3 Å². The SMILES string of the molecule is CCCn1c(NC(=O)C2CC(c3c(F)cccc3Cl)=NO2)nc2ccccc21. The lowest BCUT2D eigenvalue weighted by Gasteiger charge is -2.11. The maximum Gasteiger partial charge on any atom is 0.271 e. The highest BCUT2D eigenvalue weighted by Crippen LogP contribution is 2.26. The maximum absolute atomic E-state index is 14.1. The summed E-state index contributed by atoms with van der Waals surface area (Å²) in [5.41, 5.74) is 2.22. The first-order valence-electron chi connectivity index (χ1n) is 9.01. The quantitative estimate of drug-likeness (QED) is 0.691. The standard InChI is InChI=1S/C20H18ClFN4O2/c1-2-10-26-16-9-4-3-8-14(16)23-20(26)24-19(27)17-11-15(25-28-17)18-12(21)6-5-7-13(18)22/h3-9,17H,2,10-11H2,1H3,(H,23,24,27). The Balaban J connectivity index is 1.53. The van der Waals surface area contributed by atoms with Crippen LogP contribution in [-0.2, 0) is 16.2 Å². The number of rotatable bonds is 5. The Morgan fingerprint density at radius 2 is 2.14 bits per heavy atom. The van der Waals surface area contributed by atoms with Crippen LogP contribution in [0.4, 0.5) is 10.3 Å². The topological polar surface area (TPSA) is 68.5 Å². The smallest absolute Gasteiger partial charge is 0.271 e. The van der Waals surface area contributed by atoms with E-state index < -0.39 is 11.9 Å². The molecule has 1 aliphatic heterocycles. The van der Waals surface area contributed by atoms with Crippen molar-refractivity contribution < 1.29 is 14.0 Å². The largest absolute Gasteiger partial charge is 0.382 e. The summed E-state index contributed by atoms with van der Waals surface area (Å²) in [5, 5.41) is 6.92. The molecule has 3 aromatic rings. The van der Waals surface area contributed by atoms with E-state index in [1.165, 1.54) is 12.1 Å². The number of benzene rings is 2. The van der Waals surface area contributed by atoms with E-state index in [0.29, 0.717) is 18.2 Å². The van der Waals surface area contributed by atoms with E-state index in [2.05, 4.69) is 22.4 Å². The molecule has 0 fully saturated rings. The Labute approximate surface area is 166 Å². The Hall–Kier alpha value is -2.93. The molecular formula is C20H18ClFN4O2. The summed E-state index contributed by atoms with van der Waals surface area (Å²) in [6.45, 7) is 2.77. The maximum atomic E-state index is 14.1. The number of fused-ring (bicyclic) bond motifs is 1. The van der Waals surface area contributed by atoms with Gasteiger partial charge in [-0.15, -0.1) is 0 Å². The third kappa shape index (κ3) is 3.33. The van der Waals surface area contributed by atoms with Crippen molar-refractivity contribution in [2.45, 2.75) is 32.4 Å². The molecule has 1 atom stereocenters. The Morgan fingerprint density at radius 3 is 2.93 bits per heavy atom. The molecule has 0 bridgehead atoms. The van der Waals surface area contributed by atoms with Gasteiger partial charge < -0.3 is 9.40 Å². The van der Waals surface area contributed by atoms with E-state index in [1.54, 1.807) is 6.07 Å². The first-order chi connectivity index (χ1) is 13.6. The molecule has 1 amide bonds. The highest BCUT2D eigenvalue weighted by atomic mass is 35.5. The van der Waals surface area contributed by atoms with Gasteiger partial charge in [-0.25, -0.2) is 9.37 Å². The number of imidazole rings is 1. The number of halogens is 2. The van der Waals surface area contributed by atoms with Crippen LogP contribution in [0.15, 0.2) is 47.6 Å². The summed E-state index contributed by atoms with van der Waals surface area (Å²) in [7, 11) is 0. The monoisotopic (exact) mass is 400 g/mol. The number of para-hydroxylation sites is 2. The summed E-state index contributed by atoms with van der Waals surface area (Å²) >= 11 is 6.08. The van der Waals surface area contributed by atoms with E-state index in [4.69, 9.17) is 16.4 Å². The van der Waals surface area contributed by atoms with Crippen molar-refractivity contribution in [1.29, 1.82) is 0 Å². The Bertz CT molecular complexity index is 1060. The van der Waals surface area contributed by atoms with Crippen molar-refractivity contribution in [1.82, 2.24) is 9.55 Å². The van der Waals surface area contributed by atoms with Gasteiger partial charge in [0.25, 0.3) is 5.91 Å². The van der Waals surface area contributed by atoms with Crippen LogP contribution >= 0.6 is 11.6 Å². The zero-order chi connectivity index (χ0) is 19.7. The molecule has 0 saturated heterocycles. The highest BCUT2D eigenvalue weighted by Gasteiger charge is 2.32. The Kier molecular flexibility index (Phi) is 5.00. The van der Waals surface area contributed by atoms with Crippen LogP contribution < -0.4 is 5.32 Å². The van der Waals surface area contributed by atoms with Crippen molar-refractivity contribution in [2.24, 2.45) is 5.16 Å². The molecule has 0 spiro atoms. The van der Waals surface area contributed by atoms with Crippen molar-refractivity contribution >= 4 is 40.2 Å². The first-order valence-corrected chi connectivity index (χ1v) is 9.39. The van der Waals surface area contributed by atoms with Crippen molar-refractivity contribution in [2.75, 3.05) is 5.32 Å². The van der Waals surface area contributed by atoms with Crippen molar-refractivity contribution in [3.05, 3.63) is 58.9 Å². The third-order valence-electron chi connectivity index (χ3n) is 4.55. The van der Waals surface area contributed by atoms with E-state index in [9.17, 15) is 9.18 Å². The predicted molar refractivity (Wildman–Crippen MR) is 106 cm³/mol. The van der Waals surface area contributed by atoms with Gasteiger partial charge in [0.15, 0.2) is 0 Å². The molecule has 144 valence electrons. The molecule has 28 heavy (non-hydrogen) atoms. The van der Waals surface area contributed by atoms with Gasteiger partial charge in [-0.3, -0.25) is 10.1 Å². The van der Waals surface area contributed by atoms with Crippen LogP contribution in [0.3, 0.4) is 0 Å². The number of amides is 1. The number of aromatic nitrogens is 2. The van der Waals surface area contributed by atoms with E-state index in [-0.39, 0.29) is 22.9 Å². The van der Waals surface area contributed by atoms with Crippen molar-refractivity contribution in [3.8, 4) is 0 Å². The number of hydrogen-bond donors (Lipinski definition) is 1. The van der Waals surface area contributed by atoms with E-state index in [0.717, 1.165) is 17.5 Å². The van der Waals surface area contributed by atoms with Gasteiger partial charge >= 0.3 is 0 Å². The molecule has 0 radical (unpaired) electrons. The summed E-state index contributed by atoms with van der Waals surface area (Å²) in [6.07, 6.45) is 0.142. The molecule has 0 aliphatic carbocycles. The normalized spacial score (nSPS) is 16.1. The summed E-state index contributed by atoms with van der Waals surface area (Å²) in [4.78, 5) is 22.5. The molecule has 8 heteroatoms. The Morgan fingerprint density at radius 1 is 1.32 bits per heavy atom. The van der Waals surface area contributed by atoms with Gasteiger partial charge in [-0.1, -0.05) is 41.9 Å². The number of oxime groups is 1. The fourth-order valence-electron chi connectivity index (χ4n) is 3.25. The average Bonchev–Trinajstić information content (AvgIpc) is 3.28. The number of carbonyl (C=O) groups excluding carboxylic acids is 1. The molecule has 1 N–H and O–H groups in total.